The van der Waals surface area contributed by atoms with E-state index in [0.29, 0.717) is 24.2 Å². The highest BCUT2D eigenvalue weighted by Crippen LogP contribution is 2.46. The van der Waals surface area contributed by atoms with Crippen LogP contribution in [0, 0.1) is 6.92 Å². The fraction of sp³-hybridized carbons (Fsp3) is 0.317. The number of methoxy groups -OCH3 is 2. The van der Waals surface area contributed by atoms with Crippen LogP contribution in [-0.4, -0.2) is 53.7 Å². The number of rotatable bonds is 8. The summed E-state index contributed by atoms with van der Waals surface area (Å²) in [7, 11) is 3.33. The third kappa shape index (κ3) is 8.12. The molecule has 57 heavy (non-hydrogen) atoms. The number of anilines is 3. The second-order valence-corrected chi connectivity index (χ2v) is 16.0. The summed E-state index contributed by atoms with van der Waals surface area (Å²) in [6, 6.07) is 17.9. The smallest absolute Gasteiger partial charge is 0.229 e. The number of nitrogens with zero attached hydrogens (tertiary/aromatic N) is 8. The highest BCUT2D eigenvalue weighted by molar-refractivity contribution is 7.16. The molecular weight excluding hydrogens is 761 g/mol. The molecule has 3 N–H and O–H groups in total. The van der Waals surface area contributed by atoms with Crippen molar-refractivity contribution in [1.29, 1.82) is 0 Å². The molecule has 2 aliphatic heterocycles. The molecule has 4 atom stereocenters. The summed E-state index contributed by atoms with van der Waals surface area (Å²) in [5, 5.41) is 14.1. The van der Waals surface area contributed by atoms with Gasteiger partial charge in [0.1, 0.15) is 35.1 Å². The van der Waals surface area contributed by atoms with E-state index in [1.165, 1.54) is 11.3 Å². The lowest BCUT2D eigenvalue weighted by atomic mass is 10.1. The van der Waals surface area contributed by atoms with E-state index in [4.69, 9.17) is 39.9 Å². The number of thiazole rings is 2. The number of aryl methyl sites for hydroxylation is 1. The summed E-state index contributed by atoms with van der Waals surface area (Å²) >= 11 is 3.05. The van der Waals surface area contributed by atoms with Gasteiger partial charge in [-0.25, -0.2) is 19.9 Å². The van der Waals surface area contributed by atoms with E-state index in [0.717, 1.165) is 77.1 Å². The average molecular weight is 805 g/mol. The minimum atomic E-state index is -0.130. The van der Waals surface area contributed by atoms with E-state index in [2.05, 4.69) is 33.4 Å². The van der Waals surface area contributed by atoms with Crippen LogP contribution in [0.15, 0.2) is 73.2 Å². The van der Waals surface area contributed by atoms with Gasteiger partial charge in [-0.1, -0.05) is 46.9 Å². The molecule has 2 aromatic carbocycles. The zero-order valence-electron chi connectivity index (χ0n) is 32.8. The van der Waals surface area contributed by atoms with Crippen molar-refractivity contribution >= 4 is 38.9 Å². The van der Waals surface area contributed by atoms with Gasteiger partial charge < -0.3 is 30.0 Å². The Morgan fingerprint density at radius 1 is 0.684 bits per heavy atom. The van der Waals surface area contributed by atoms with Crippen molar-refractivity contribution < 1.29 is 18.9 Å². The Bertz CT molecular complexity index is 2490. The Kier molecular flexibility index (Phi) is 10.8. The van der Waals surface area contributed by atoms with Crippen molar-refractivity contribution in [3.05, 3.63) is 111 Å². The van der Waals surface area contributed by atoms with Crippen LogP contribution >= 0.6 is 22.7 Å². The Balaban J connectivity index is 0.000000165. The highest BCUT2D eigenvalue weighted by Gasteiger charge is 2.32. The molecule has 5 aromatic heterocycles. The van der Waals surface area contributed by atoms with Gasteiger partial charge in [0.05, 0.1) is 60.7 Å². The molecule has 7 heterocycles. The molecule has 0 radical (unpaired) electrons. The monoisotopic (exact) mass is 804 g/mol. The predicted octanol–water partition coefficient (Wildman–Crippen LogP) is 8.86. The van der Waals surface area contributed by atoms with Crippen LogP contribution in [0.3, 0.4) is 0 Å². The Labute approximate surface area is 338 Å². The maximum atomic E-state index is 6.26. The molecule has 0 fully saturated rings. The largest absolute Gasteiger partial charge is 0.497 e. The fourth-order valence-electron chi connectivity index (χ4n) is 6.98. The first-order valence-corrected chi connectivity index (χ1v) is 20.2. The van der Waals surface area contributed by atoms with Crippen LogP contribution < -0.4 is 20.5 Å². The van der Waals surface area contributed by atoms with Gasteiger partial charge in [-0.3, -0.25) is 9.36 Å². The van der Waals surface area contributed by atoms with Crippen LogP contribution in [-0.2, 0) is 22.6 Å². The van der Waals surface area contributed by atoms with Crippen LogP contribution in [0.1, 0.15) is 90.1 Å². The van der Waals surface area contributed by atoms with Crippen molar-refractivity contribution in [2.45, 2.75) is 72.1 Å². The third-order valence-electron chi connectivity index (χ3n) is 9.76. The number of hydrogen-bond donors (Lipinski definition) is 2. The fourth-order valence-corrected chi connectivity index (χ4v) is 8.77. The summed E-state index contributed by atoms with van der Waals surface area (Å²) in [6.45, 7) is 11.4. The first-order valence-electron chi connectivity index (χ1n) is 18.6. The van der Waals surface area contributed by atoms with Crippen LogP contribution in [0.2, 0.25) is 0 Å². The molecule has 0 saturated carbocycles. The topological polar surface area (TPSA) is 162 Å². The molecule has 16 heteroatoms. The molecule has 2 aliphatic rings. The van der Waals surface area contributed by atoms with Gasteiger partial charge in [-0.05, 0) is 76.1 Å². The second-order valence-electron chi connectivity index (χ2n) is 13.9. The number of nitrogens with one attached hydrogen (secondary N) is 1. The Morgan fingerprint density at radius 2 is 1.19 bits per heavy atom. The zero-order valence-corrected chi connectivity index (χ0v) is 34.4. The number of nitrogen functional groups attached to an aromatic ring is 1. The van der Waals surface area contributed by atoms with Gasteiger partial charge in [0.2, 0.25) is 5.95 Å². The number of benzene rings is 2. The van der Waals surface area contributed by atoms with Crippen molar-refractivity contribution in [1.82, 2.24) is 39.5 Å². The number of hydrogen-bond acceptors (Lipinski definition) is 14. The minimum absolute atomic E-state index is 0.0379. The molecule has 9 rings (SSSR count). The van der Waals surface area contributed by atoms with E-state index in [1.807, 2.05) is 97.9 Å². The van der Waals surface area contributed by atoms with Crippen molar-refractivity contribution in [2.24, 2.45) is 0 Å². The van der Waals surface area contributed by atoms with Crippen LogP contribution in [0.5, 0.6) is 11.5 Å². The number of nitrogens with two attached hydrogens (primary N) is 1. The summed E-state index contributed by atoms with van der Waals surface area (Å²) < 4.78 is 26.7. The quantitative estimate of drug-likeness (QED) is 0.150. The molecule has 4 unspecified atom stereocenters. The molecule has 0 saturated heterocycles. The first-order chi connectivity index (χ1) is 27.5. The van der Waals surface area contributed by atoms with Crippen LogP contribution in [0.4, 0.5) is 16.2 Å². The summed E-state index contributed by atoms with van der Waals surface area (Å²) in [4.78, 5) is 20.2. The summed E-state index contributed by atoms with van der Waals surface area (Å²) in [6.07, 6.45) is 5.48. The molecule has 294 valence electrons. The van der Waals surface area contributed by atoms with Crippen LogP contribution in [0.25, 0.3) is 22.5 Å². The molecule has 7 aromatic rings. The maximum Gasteiger partial charge on any atom is 0.229 e. The van der Waals surface area contributed by atoms with Gasteiger partial charge >= 0.3 is 0 Å². The van der Waals surface area contributed by atoms with Gasteiger partial charge in [0.15, 0.2) is 10.3 Å². The second kappa shape index (κ2) is 16.1. The number of fused-ring (bicyclic) bond motifs is 6. The molecule has 0 bridgehead atoms. The maximum absolute atomic E-state index is 6.26. The van der Waals surface area contributed by atoms with E-state index in [9.17, 15) is 0 Å². The van der Waals surface area contributed by atoms with Crippen molar-refractivity contribution in [3.63, 3.8) is 0 Å². The normalized spacial score (nSPS) is 18.2. The SMILES string of the molecule is COc1ccc(Cn2cc3c(n2)C(C)OC(C)c2sc(N)nc2-3)cc1.COc1ccc(Cn2cc3c(n2)C(C)OC(C)c2sc(Nc4nccc(C)n4)nc2-3)cc1. The lowest BCUT2D eigenvalue weighted by Crippen LogP contribution is -2.06. The van der Waals surface area contributed by atoms with E-state index < -0.39 is 0 Å². The highest BCUT2D eigenvalue weighted by atomic mass is 32.1. The average Bonchev–Trinajstić information content (AvgIpc) is 3.99. The minimum Gasteiger partial charge on any atom is -0.497 e. The zero-order chi connectivity index (χ0) is 39.8. The standard InChI is InChI=1S/C23H24N6O2S.C18H20N4O2S/c1-13-9-10-24-22(25-13)27-23-26-20-18-12-29(11-16-5-7-17(30-4)8-6-16)28-19(18)14(2)31-15(3)21(20)32-23;1-10-15-14(16-17(11(2)24-10)25-18(19)20-16)9-22(21-15)8-12-4-6-13(23-3)7-5-12/h5-10,12,14-15H,11H2,1-4H3,(H,24,25,26,27);4-7,9-11H,8H2,1-3H3,(H2,19,20). The Morgan fingerprint density at radius 3 is 1.70 bits per heavy atom. The molecule has 0 aliphatic carbocycles. The summed E-state index contributed by atoms with van der Waals surface area (Å²) in [5.41, 5.74) is 14.7. The van der Waals surface area contributed by atoms with Gasteiger partial charge in [-0.15, -0.1) is 0 Å². The molecule has 14 nitrogen and oxygen atoms in total. The van der Waals surface area contributed by atoms with E-state index >= 15 is 0 Å². The lowest BCUT2D eigenvalue weighted by Gasteiger charge is -2.14. The van der Waals surface area contributed by atoms with Crippen molar-refractivity contribution in [2.75, 3.05) is 25.3 Å². The van der Waals surface area contributed by atoms with Gasteiger partial charge in [-0.2, -0.15) is 10.2 Å². The van der Waals surface area contributed by atoms with E-state index in [1.54, 1.807) is 31.8 Å². The predicted molar refractivity (Wildman–Crippen MR) is 221 cm³/mol. The number of aromatic nitrogens is 8. The third-order valence-corrected chi connectivity index (χ3v) is 11.9. The first kappa shape index (κ1) is 38.2. The lowest BCUT2D eigenvalue weighted by molar-refractivity contribution is 0.00729. The number of ether oxygens (including phenoxy) is 4. The van der Waals surface area contributed by atoms with Gasteiger partial charge in [0.25, 0.3) is 0 Å². The van der Waals surface area contributed by atoms with Crippen molar-refractivity contribution in [3.8, 4) is 34.0 Å². The Hall–Kier alpha value is -5.68. The molecule has 0 amide bonds. The molecule has 0 spiro atoms. The van der Waals surface area contributed by atoms with E-state index in [-0.39, 0.29) is 24.4 Å². The van der Waals surface area contributed by atoms with Gasteiger partial charge in [0, 0.05) is 35.4 Å². The molecular formula is C41H44N10O4S2. The summed E-state index contributed by atoms with van der Waals surface area (Å²) in [5.74, 6) is 2.22.